The quantitative estimate of drug-likeness (QED) is 0.569. The molecule has 1 fully saturated rings. The smallest absolute Gasteiger partial charge is 0.407 e. The summed E-state index contributed by atoms with van der Waals surface area (Å²) in [6, 6.07) is 15.9. The van der Waals surface area contributed by atoms with Crippen LogP contribution in [-0.4, -0.2) is 55.5 Å². The molecule has 0 spiro atoms. The Balaban J connectivity index is 1.24. The average molecular weight is 463 g/mol. The van der Waals surface area contributed by atoms with E-state index in [0.29, 0.717) is 13.0 Å². The third-order valence-electron chi connectivity index (χ3n) is 6.09. The highest BCUT2D eigenvalue weighted by Crippen LogP contribution is 2.44. The van der Waals surface area contributed by atoms with Crippen LogP contribution in [0.2, 0.25) is 0 Å². The lowest BCUT2D eigenvalue weighted by Gasteiger charge is -2.30. The molecule has 2 aromatic rings. The second kappa shape index (κ2) is 10.9. The average Bonchev–Trinajstić information content (AvgIpc) is 3.15. The number of carboxylic acid groups (broad SMARTS) is 1. The molecule has 0 saturated carbocycles. The van der Waals surface area contributed by atoms with E-state index in [1.54, 1.807) is 0 Å². The van der Waals surface area contributed by atoms with Gasteiger partial charge in [-0.1, -0.05) is 54.5 Å². The molecule has 8 nitrogen and oxygen atoms in total. The Morgan fingerprint density at radius 3 is 2.41 bits per heavy atom. The summed E-state index contributed by atoms with van der Waals surface area (Å²) >= 11 is 0. The molecule has 1 aliphatic heterocycles. The first kappa shape index (κ1) is 23.3. The van der Waals surface area contributed by atoms with E-state index in [9.17, 15) is 14.4 Å². The van der Waals surface area contributed by atoms with Crippen LogP contribution in [0.15, 0.2) is 48.5 Å². The fourth-order valence-electron chi connectivity index (χ4n) is 4.51. The van der Waals surface area contributed by atoms with Crippen LogP contribution in [0.1, 0.15) is 29.9 Å². The van der Waals surface area contributed by atoms with Gasteiger partial charge in [0, 0.05) is 24.5 Å². The normalized spacial score (nSPS) is 18.6. The summed E-state index contributed by atoms with van der Waals surface area (Å²) < 4.78 is 10.7. The van der Waals surface area contributed by atoms with Gasteiger partial charge < -0.3 is 25.2 Å². The molecule has 1 saturated heterocycles. The Bertz CT molecular complexity index is 1090. The second-order valence-electron chi connectivity index (χ2n) is 8.28. The number of nitrogens with one attached hydrogen (secondary N) is 2. The maximum absolute atomic E-state index is 12.2. The van der Waals surface area contributed by atoms with Crippen molar-refractivity contribution in [2.45, 2.75) is 24.8 Å². The molecule has 0 bridgehead atoms. The first-order chi connectivity index (χ1) is 16.5. The lowest BCUT2D eigenvalue weighted by atomic mass is 9.92. The van der Waals surface area contributed by atoms with Crippen molar-refractivity contribution >= 4 is 18.0 Å². The number of rotatable bonds is 6. The molecule has 176 valence electrons. The van der Waals surface area contributed by atoms with E-state index in [-0.39, 0.29) is 44.1 Å². The van der Waals surface area contributed by atoms with Crippen LogP contribution < -0.4 is 10.6 Å². The first-order valence-electron chi connectivity index (χ1n) is 11.2. The fraction of sp³-hybridized carbons (Fsp3) is 0.346. The Kier molecular flexibility index (Phi) is 7.45. The summed E-state index contributed by atoms with van der Waals surface area (Å²) in [6.07, 6.45) is -0.159. The molecule has 34 heavy (non-hydrogen) atoms. The predicted molar refractivity (Wildman–Crippen MR) is 124 cm³/mol. The summed E-state index contributed by atoms with van der Waals surface area (Å²) in [5.41, 5.74) is 4.56. The van der Waals surface area contributed by atoms with Crippen molar-refractivity contribution in [2.75, 3.05) is 26.4 Å². The molecule has 2 aromatic carbocycles. The van der Waals surface area contributed by atoms with Crippen molar-refractivity contribution in [1.29, 1.82) is 0 Å². The van der Waals surface area contributed by atoms with Crippen molar-refractivity contribution in [2.24, 2.45) is 5.92 Å². The van der Waals surface area contributed by atoms with Gasteiger partial charge in [0.2, 0.25) is 0 Å². The van der Waals surface area contributed by atoms with Crippen LogP contribution >= 0.6 is 0 Å². The zero-order valence-corrected chi connectivity index (χ0v) is 18.6. The van der Waals surface area contributed by atoms with Gasteiger partial charge in [-0.2, -0.15) is 0 Å². The van der Waals surface area contributed by atoms with E-state index in [4.69, 9.17) is 14.6 Å². The highest BCUT2D eigenvalue weighted by molar-refractivity contribution is 5.93. The second-order valence-corrected chi connectivity index (χ2v) is 8.28. The van der Waals surface area contributed by atoms with Crippen LogP contribution in [-0.2, 0) is 19.1 Å². The molecule has 2 aliphatic rings. The highest BCUT2D eigenvalue weighted by Gasteiger charge is 2.30. The van der Waals surface area contributed by atoms with Crippen molar-refractivity contribution in [3.8, 4) is 23.0 Å². The van der Waals surface area contributed by atoms with Crippen LogP contribution in [0.4, 0.5) is 4.79 Å². The van der Waals surface area contributed by atoms with E-state index < -0.39 is 18.0 Å². The number of carbonyl (C=O) groups is 3. The number of carboxylic acids is 1. The molecule has 2 atom stereocenters. The Hall–Kier alpha value is -3.83. The maximum atomic E-state index is 12.2. The molecule has 4 rings (SSSR count). The first-order valence-corrected chi connectivity index (χ1v) is 11.2. The minimum atomic E-state index is -0.937. The van der Waals surface area contributed by atoms with E-state index in [0.717, 1.165) is 22.3 Å². The van der Waals surface area contributed by atoms with Crippen LogP contribution in [0.25, 0.3) is 11.1 Å². The SMILES string of the molecule is O=C(O)CC1COCCC1NC(=O)C#CCNC(=O)OCC1c2ccccc2-c2ccccc21. The number of fused-ring (bicyclic) bond motifs is 3. The topological polar surface area (TPSA) is 114 Å². The molecular formula is C26H26N2O6. The number of amides is 2. The number of hydrogen-bond acceptors (Lipinski definition) is 5. The standard InChI is InChI=1S/C26H26N2O6/c29-24(28-23-11-13-33-15-17(23)14-25(30)31)10-5-12-27-26(32)34-16-22-20-8-3-1-6-18(20)19-7-2-4-9-21(19)22/h1-4,6-9,17,22-23H,11-16H2,(H,27,32)(H,28,29)(H,30,31). The van der Waals surface area contributed by atoms with Gasteiger partial charge in [0.25, 0.3) is 5.91 Å². The van der Waals surface area contributed by atoms with Gasteiger partial charge in [-0.15, -0.1) is 0 Å². The van der Waals surface area contributed by atoms with E-state index in [1.165, 1.54) is 0 Å². The Labute approximate surface area is 197 Å². The number of carbonyl (C=O) groups excluding carboxylic acids is 2. The number of ether oxygens (including phenoxy) is 2. The van der Waals surface area contributed by atoms with Crippen molar-refractivity contribution in [1.82, 2.24) is 10.6 Å². The van der Waals surface area contributed by atoms with Gasteiger partial charge >= 0.3 is 12.1 Å². The molecule has 0 aromatic heterocycles. The third-order valence-corrected chi connectivity index (χ3v) is 6.09. The zero-order chi connectivity index (χ0) is 23.9. The van der Waals surface area contributed by atoms with Crippen LogP contribution in [0, 0.1) is 17.8 Å². The van der Waals surface area contributed by atoms with Gasteiger partial charge in [-0.25, -0.2) is 4.79 Å². The highest BCUT2D eigenvalue weighted by atomic mass is 16.5. The monoisotopic (exact) mass is 462 g/mol. The number of hydrogen-bond donors (Lipinski definition) is 3. The van der Waals surface area contributed by atoms with Crippen LogP contribution in [0.3, 0.4) is 0 Å². The zero-order valence-electron chi connectivity index (χ0n) is 18.6. The molecule has 8 heteroatoms. The van der Waals surface area contributed by atoms with Crippen molar-refractivity contribution in [3.05, 3.63) is 59.7 Å². The fourth-order valence-corrected chi connectivity index (χ4v) is 4.51. The maximum Gasteiger partial charge on any atom is 0.407 e. The van der Waals surface area contributed by atoms with Gasteiger partial charge in [0.1, 0.15) is 6.61 Å². The van der Waals surface area contributed by atoms with Gasteiger partial charge in [0.05, 0.1) is 19.6 Å². The third kappa shape index (κ3) is 5.56. The van der Waals surface area contributed by atoms with Gasteiger partial charge in [-0.05, 0) is 34.6 Å². The molecule has 1 heterocycles. The van der Waals surface area contributed by atoms with Crippen molar-refractivity contribution in [3.63, 3.8) is 0 Å². The number of aliphatic carboxylic acids is 1. The lowest BCUT2D eigenvalue weighted by molar-refractivity contribution is -0.140. The molecule has 1 aliphatic carbocycles. The minimum absolute atomic E-state index is 0.0340. The molecule has 0 radical (unpaired) electrons. The molecule has 2 amide bonds. The number of alkyl carbamates (subject to hydrolysis) is 1. The van der Waals surface area contributed by atoms with Crippen molar-refractivity contribution < 1.29 is 29.0 Å². The van der Waals surface area contributed by atoms with E-state index in [1.807, 2.05) is 36.4 Å². The van der Waals surface area contributed by atoms with E-state index >= 15 is 0 Å². The summed E-state index contributed by atoms with van der Waals surface area (Å²) in [6.45, 7) is 0.894. The lowest BCUT2D eigenvalue weighted by Crippen LogP contribution is -2.45. The Morgan fingerprint density at radius 2 is 1.74 bits per heavy atom. The van der Waals surface area contributed by atoms with Gasteiger partial charge in [0.15, 0.2) is 0 Å². The minimum Gasteiger partial charge on any atom is -0.481 e. The summed E-state index contributed by atoms with van der Waals surface area (Å²) in [5.74, 6) is 3.24. The Morgan fingerprint density at radius 1 is 1.06 bits per heavy atom. The number of benzene rings is 2. The largest absolute Gasteiger partial charge is 0.481 e. The van der Waals surface area contributed by atoms with E-state index in [2.05, 4.69) is 34.6 Å². The summed E-state index contributed by atoms with van der Waals surface area (Å²) in [5, 5.41) is 14.3. The van der Waals surface area contributed by atoms with Gasteiger partial charge in [-0.3, -0.25) is 9.59 Å². The molecule has 2 unspecified atom stereocenters. The summed E-state index contributed by atoms with van der Waals surface area (Å²) in [4.78, 5) is 35.2. The predicted octanol–water partition coefficient (Wildman–Crippen LogP) is 2.52. The van der Waals surface area contributed by atoms with Crippen LogP contribution in [0.5, 0.6) is 0 Å². The summed E-state index contributed by atoms with van der Waals surface area (Å²) in [7, 11) is 0. The molecule has 3 N–H and O–H groups in total. The molecular weight excluding hydrogens is 436 g/mol.